The Morgan fingerprint density at radius 3 is 2.89 bits per heavy atom. The molecule has 0 atom stereocenters. The molecule has 0 fully saturated rings. The predicted octanol–water partition coefficient (Wildman–Crippen LogP) is 3.71. The largest absolute Gasteiger partial charge is 0.506 e. The number of rotatable bonds is 3. The van der Waals surface area contributed by atoms with Crippen LogP contribution in [-0.4, -0.2) is 16.3 Å². The standard InChI is InChI=1S/C13H10Cl2N2O/c14-11-4-10(13(18)12(15)5-11)8-17-7-9-2-1-3-16-6-9/h1-6,8,18H,7H2. The third-order valence-electron chi connectivity index (χ3n) is 2.28. The summed E-state index contributed by atoms with van der Waals surface area (Å²) in [6, 6.07) is 6.86. The van der Waals surface area contributed by atoms with E-state index in [2.05, 4.69) is 9.98 Å². The fraction of sp³-hybridized carbons (Fsp3) is 0.0769. The first-order valence-corrected chi connectivity index (χ1v) is 5.99. The predicted molar refractivity (Wildman–Crippen MR) is 73.7 cm³/mol. The molecule has 0 unspecified atom stereocenters. The summed E-state index contributed by atoms with van der Waals surface area (Å²) >= 11 is 11.7. The second-order valence-corrected chi connectivity index (χ2v) is 4.50. The van der Waals surface area contributed by atoms with Gasteiger partial charge in [-0.05, 0) is 23.8 Å². The number of aliphatic imine (C=N–C) groups is 1. The van der Waals surface area contributed by atoms with Crippen LogP contribution in [0.3, 0.4) is 0 Å². The van der Waals surface area contributed by atoms with E-state index in [1.165, 1.54) is 6.07 Å². The van der Waals surface area contributed by atoms with Crippen LogP contribution in [0.4, 0.5) is 0 Å². The summed E-state index contributed by atoms with van der Waals surface area (Å²) in [5.41, 5.74) is 1.48. The summed E-state index contributed by atoms with van der Waals surface area (Å²) in [4.78, 5) is 8.20. The Labute approximate surface area is 115 Å². The van der Waals surface area contributed by atoms with Crippen molar-refractivity contribution in [3.8, 4) is 5.75 Å². The van der Waals surface area contributed by atoms with Crippen LogP contribution in [-0.2, 0) is 6.54 Å². The molecule has 0 radical (unpaired) electrons. The number of aromatic nitrogens is 1. The molecule has 5 heteroatoms. The van der Waals surface area contributed by atoms with Crippen LogP contribution in [0, 0.1) is 0 Å². The van der Waals surface area contributed by atoms with Gasteiger partial charge >= 0.3 is 0 Å². The lowest BCUT2D eigenvalue weighted by molar-refractivity contribution is 0.474. The van der Waals surface area contributed by atoms with E-state index < -0.39 is 0 Å². The average molecular weight is 281 g/mol. The molecule has 0 saturated heterocycles. The maximum Gasteiger partial charge on any atom is 0.143 e. The quantitative estimate of drug-likeness (QED) is 0.871. The van der Waals surface area contributed by atoms with Crippen LogP contribution < -0.4 is 0 Å². The van der Waals surface area contributed by atoms with E-state index in [1.54, 1.807) is 24.7 Å². The summed E-state index contributed by atoms with van der Waals surface area (Å²) in [6.07, 6.45) is 4.98. The van der Waals surface area contributed by atoms with E-state index >= 15 is 0 Å². The first-order chi connectivity index (χ1) is 8.66. The number of pyridine rings is 1. The van der Waals surface area contributed by atoms with Crippen LogP contribution in [0.25, 0.3) is 0 Å². The Hall–Kier alpha value is -1.58. The van der Waals surface area contributed by atoms with Crippen LogP contribution in [0.15, 0.2) is 41.7 Å². The Morgan fingerprint density at radius 1 is 1.33 bits per heavy atom. The summed E-state index contributed by atoms with van der Waals surface area (Å²) < 4.78 is 0. The van der Waals surface area contributed by atoms with Crippen molar-refractivity contribution in [1.29, 1.82) is 0 Å². The lowest BCUT2D eigenvalue weighted by Gasteiger charge is -2.02. The van der Waals surface area contributed by atoms with E-state index in [9.17, 15) is 5.11 Å². The highest BCUT2D eigenvalue weighted by Crippen LogP contribution is 2.29. The van der Waals surface area contributed by atoms with E-state index in [0.717, 1.165) is 5.56 Å². The van der Waals surface area contributed by atoms with Gasteiger partial charge in [0.25, 0.3) is 0 Å². The van der Waals surface area contributed by atoms with Gasteiger partial charge in [-0.2, -0.15) is 0 Å². The van der Waals surface area contributed by atoms with Crippen molar-refractivity contribution in [2.75, 3.05) is 0 Å². The number of halogens is 2. The fourth-order valence-corrected chi connectivity index (χ4v) is 1.93. The van der Waals surface area contributed by atoms with Crippen LogP contribution in [0.5, 0.6) is 5.75 Å². The van der Waals surface area contributed by atoms with Crippen LogP contribution in [0.1, 0.15) is 11.1 Å². The molecule has 1 N–H and O–H groups in total. The highest BCUT2D eigenvalue weighted by Gasteiger charge is 2.05. The van der Waals surface area contributed by atoms with Gasteiger partial charge in [-0.3, -0.25) is 9.98 Å². The van der Waals surface area contributed by atoms with Gasteiger partial charge in [0, 0.05) is 29.2 Å². The molecule has 1 heterocycles. The zero-order valence-corrected chi connectivity index (χ0v) is 10.9. The molecule has 0 aliphatic rings. The smallest absolute Gasteiger partial charge is 0.143 e. The first kappa shape index (κ1) is 12.9. The van der Waals surface area contributed by atoms with Crippen molar-refractivity contribution in [2.24, 2.45) is 4.99 Å². The van der Waals surface area contributed by atoms with E-state index in [4.69, 9.17) is 23.2 Å². The van der Waals surface area contributed by atoms with Crippen LogP contribution in [0.2, 0.25) is 10.0 Å². The number of hydrogen-bond donors (Lipinski definition) is 1. The minimum absolute atomic E-state index is 0.0176. The monoisotopic (exact) mass is 280 g/mol. The maximum absolute atomic E-state index is 9.73. The number of hydrogen-bond acceptors (Lipinski definition) is 3. The van der Waals surface area contributed by atoms with Gasteiger partial charge in [-0.25, -0.2) is 0 Å². The molecule has 1 aromatic heterocycles. The number of benzene rings is 1. The van der Waals surface area contributed by atoms with E-state index in [1.807, 2.05) is 12.1 Å². The second kappa shape index (κ2) is 5.85. The van der Waals surface area contributed by atoms with Gasteiger partial charge in [0.05, 0.1) is 11.6 Å². The molecule has 2 rings (SSSR count). The zero-order valence-electron chi connectivity index (χ0n) is 9.35. The van der Waals surface area contributed by atoms with Gasteiger partial charge in [-0.15, -0.1) is 0 Å². The molecule has 0 aliphatic carbocycles. The average Bonchev–Trinajstić information content (AvgIpc) is 2.36. The van der Waals surface area contributed by atoms with Crippen LogP contribution >= 0.6 is 23.2 Å². The molecular weight excluding hydrogens is 271 g/mol. The highest BCUT2D eigenvalue weighted by atomic mass is 35.5. The lowest BCUT2D eigenvalue weighted by Crippen LogP contribution is -1.87. The maximum atomic E-state index is 9.73. The number of nitrogens with zero attached hydrogens (tertiary/aromatic N) is 2. The van der Waals surface area contributed by atoms with E-state index in [-0.39, 0.29) is 10.8 Å². The molecule has 1 aromatic carbocycles. The van der Waals surface area contributed by atoms with Crippen molar-refractivity contribution < 1.29 is 5.11 Å². The summed E-state index contributed by atoms with van der Waals surface area (Å²) in [7, 11) is 0. The van der Waals surface area contributed by atoms with Gasteiger partial charge in [0.1, 0.15) is 5.75 Å². The minimum Gasteiger partial charge on any atom is -0.506 e. The Bertz CT molecular complexity index is 571. The topological polar surface area (TPSA) is 45.5 Å². The summed E-state index contributed by atoms with van der Waals surface area (Å²) in [5.74, 6) is -0.0176. The molecule has 3 nitrogen and oxygen atoms in total. The van der Waals surface area contributed by atoms with Gasteiger partial charge in [0.2, 0.25) is 0 Å². The molecular formula is C13H10Cl2N2O. The summed E-state index contributed by atoms with van der Waals surface area (Å²) in [6.45, 7) is 0.484. The molecule has 0 amide bonds. The minimum atomic E-state index is -0.0176. The third-order valence-corrected chi connectivity index (χ3v) is 2.79. The molecule has 0 saturated carbocycles. The fourth-order valence-electron chi connectivity index (χ4n) is 1.43. The molecule has 0 aliphatic heterocycles. The lowest BCUT2D eigenvalue weighted by atomic mass is 10.2. The van der Waals surface area contributed by atoms with Crippen molar-refractivity contribution in [3.05, 3.63) is 57.8 Å². The molecule has 2 aromatic rings. The van der Waals surface area contributed by atoms with E-state index in [0.29, 0.717) is 17.1 Å². The van der Waals surface area contributed by atoms with Gasteiger partial charge in [-0.1, -0.05) is 29.3 Å². The van der Waals surface area contributed by atoms with Crippen molar-refractivity contribution in [3.63, 3.8) is 0 Å². The molecule has 0 spiro atoms. The number of phenols is 1. The number of phenolic OH excluding ortho intramolecular Hbond substituents is 1. The van der Waals surface area contributed by atoms with Crippen molar-refractivity contribution in [2.45, 2.75) is 6.54 Å². The molecule has 18 heavy (non-hydrogen) atoms. The Kier molecular flexibility index (Phi) is 4.18. The molecule has 0 bridgehead atoms. The second-order valence-electron chi connectivity index (χ2n) is 3.66. The third kappa shape index (κ3) is 3.22. The Morgan fingerprint density at radius 2 is 2.17 bits per heavy atom. The normalized spacial score (nSPS) is 11.0. The SMILES string of the molecule is Oc1c(Cl)cc(Cl)cc1C=NCc1cccnc1. The number of aromatic hydroxyl groups is 1. The zero-order chi connectivity index (χ0) is 13.0. The van der Waals surface area contributed by atoms with Gasteiger partial charge < -0.3 is 5.11 Å². The highest BCUT2D eigenvalue weighted by molar-refractivity contribution is 6.36. The van der Waals surface area contributed by atoms with Gasteiger partial charge in [0.15, 0.2) is 0 Å². The van der Waals surface area contributed by atoms with Crippen molar-refractivity contribution in [1.82, 2.24) is 4.98 Å². The molecule has 92 valence electrons. The Balaban J connectivity index is 2.15. The first-order valence-electron chi connectivity index (χ1n) is 5.23. The summed E-state index contributed by atoms with van der Waals surface area (Å²) in [5, 5.41) is 10.4. The van der Waals surface area contributed by atoms with Crippen molar-refractivity contribution >= 4 is 29.4 Å².